The monoisotopic (exact) mass is 380 g/mol. The van der Waals surface area contributed by atoms with Gasteiger partial charge in [-0.15, -0.1) is 6.58 Å². The third-order valence-electron chi connectivity index (χ3n) is 5.27. The molecule has 1 aliphatic rings. The Morgan fingerprint density at radius 2 is 2.18 bits per heavy atom. The quantitative estimate of drug-likeness (QED) is 0.666. The molecule has 0 bridgehead atoms. The fourth-order valence-corrected chi connectivity index (χ4v) is 3.60. The maximum Gasteiger partial charge on any atom is 0.295 e. The number of carbonyl (C=O) groups is 1. The van der Waals surface area contributed by atoms with Gasteiger partial charge in [0.1, 0.15) is 17.2 Å². The van der Waals surface area contributed by atoms with Crippen LogP contribution in [0.3, 0.4) is 0 Å². The maximum absolute atomic E-state index is 13.1. The second-order valence-corrected chi connectivity index (χ2v) is 7.50. The summed E-state index contributed by atoms with van der Waals surface area (Å²) in [7, 11) is 0. The van der Waals surface area contributed by atoms with E-state index < -0.39 is 0 Å². The molecule has 0 radical (unpaired) electrons. The van der Waals surface area contributed by atoms with Crippen LogP contribution in [0.15, 0.2) is 40.3 Å². The van der Waals surface area contributed by atoms with E-state index in [1.165, 1.54) is 0 Å². The van der Waals surface area contributed by atoms with Gasteiger partial charge in [-0.2, -0.15) is 0 Å². The first-order chi connectivity index (χ1) is 13.4. The SMILES string of the molecule is C=CCn1c(-c2cc(C)oc2C)cn2cc(C(=O)N[C@@H](C)C3CC3)nc2c1=O. The van der Waals surface area contributed by atoms with Gasteiger partial charge in [0.15, 0.2) is 0 Å². The number of aryl methyl sites for hydroxylation is 2. The van der Waals surface area contributed by atoms with Crippen LogP contribution in [0.4, 0.5) is 0 Å². The number of aromatic nitrogens is 3. The largest absolute Gasteiger partial charge is 0.466 e. The van der Waals surface area contributed by atoms with Gasteiger partial charge >= 0.3 is 0 Å². The first-order valence-electron chi connectivity index (χ1n) is 9.50. The summed E-state index contributed by atoms with van der Waals surface area (Å²) in [5.74, 6) is 1.79. The minimum atomic E-state index is -0.273. The van der Waals surface area contributed by atoms with Crippen molar-refractivity contribution in [3.8, 4) is 11.3 Å². The lowest BCUT2D eigenvalue weighted by molar-refractivity contribution is 0.0931. The highest BCUT2D eigenvalue weighted by molar-refractivity contribution is 5.93. The standard InChI is InChI=1S/C21H24N4O3/c1-5-8-25-18(16-9-12(2)28-14(16)4)11-24-10-17(23-19(24)21(25)27)20(26)22-13(3)15-6-7-15/h5,9-11,13,15H,1,6-8H2,2-4H3,(H,22,26)/t13-/m0/s1. The Bertz CT molecular complexity index is 1130. The van der Waals surface area contributed by atoms with Gasteiger partial charge in [0.25, 0.3) is 11.5 Å². The number of hydrogen-bond acceptors (Lipinski definition) is 4. The van der Waals surface area contributed by atoms with E-state index in [0.717, 1.165) is 29.9 Å². The molecule has 1 saturated carbocycles. The number of imidazole rings is 1. The van der Waals surface area contributed by atoms with E-state index in [-0.39, 0.29) is 28.8 Å². The second-order valence-electron chi connectivity index (χ2n) is 7.50. The molecule has 0 unspecified atom stereocenters. The molecule has 0 spiro atoms. The zero-order valence-electron chi connectivity index (χ0n) is 16.4. The van der Waals surface area contributed by atoms with Crippen molar-refractivity contribution in [3.05, 3.63) is 58.7 Å². The first kappa shape index (κ1) is 18.3. The second kappa shape index (κ2) is 6.82. The van der Waals surface area contributed by atoms with E-state index in [2.05, 4.69) is 16.9 Å². The molecule has 1 N–H and O–H groups in total. The smallest absolute Gasteiger partial charge is 0.295 e. The molecular formula is C21H24N4O3. The minimum absolute atomic E-state index is 0.113. The summed E-state index contributed by atoms with van der Waals surface area (Å²) in [4.78, 5) is 30.0. The first-order valence-corrected chi connectivity index (χ1v) is 9.50. The summed E-state index contributed by atoms with van der Waals surface area (Å²) in [6, 6.07) is 2.01. The van der Waals surface area contributed by atoms with Crippen molar-refractivity contribution in [2.24, 2.45) is 5.92 Å². The molecule has 3 heterocycles. The summed E-state index contributed by atoms with van der Waals surface area (Å²) in [6.07, 6.45) is 7.37. The Labute approximate surface area is 162 Å². The molecule has 1 fully saturated rings. The Balaban J connectivity index is 1.81. The molecule has 1 atom stereocenters. The van der Waals surface area contributed by atoms with Crippen molar-refractivity contribution in [2.75, 3.05) is 0 Å². The van der Waals surface area contributed by atoms with E-state index in [9.17, 15) is 9.59 Å². The maximum atomic E-state index is 13.1. The van der Waals surface area contributed by atoms with Gasteiger partial charge in [-0.05, 0) is 45.6 Å². The normalized spacial score (nSPS) is 15.0. The van der Waals surface area contributed by atoms with Gasteiger partial charge in [-0.1, -0.05) is 6.08 Å². The van der Waals surface area contributed by atoms with E-state index in [0.29, 0.717) is 18.2 Å². The number of amides is 1. The van der Waals surface area contributed by atoms with Crippen molar-refractivity contribution in [1.82, 2.24) is 19.3 Å². The van der Waals surface area contributed by atoms with E-state index in [4.69, 9.17) is 4.42 Å². The lowest BCUT2D eigenvalue weighted by atomic mass is 10.2. The Hall–Kier alpha value is -3.09. The molecule has 0 aliphatic heterocycles. The van der Waals surface area contributed by atoms with Crippen molar-refractivity contribution >= 4 is 11.6 Å². The van der Waals surface area contributed by atoms with Crippen molar-refractivity contribution in [2.45, 2.75) is 46.2 Å². The molecule has 28 heavy (non-hydrogen) atoms. The highest BCUT2D eigenvalue weighted by atomic mass is 16.3. The molecule has 0 aromatic carbocycles. The van der Waals surface area contributed by atoms with E-state index >= 15 is 0 Å². The third kappa shape index (κ3) is 3.17. The predicted molar refractivity (Wildman–Crippen MR) is 106 cm³/mol. The molecule has 4 rings (SSSR count). The van der Waals surface area contributed by atoms with E-state index in [1.54, 1.807) is 21.2 Å². The number of carbonyl (C=O) groups excluding carboxylic acids is 1. The fourth-order valence-electron chi connectivity index (χ4n) is 3.60. The Morgan fingerprint density at radius 1 is 1.43 bits per heavy atom. The van der Waals surface area contributed by atoms with Crippen LogP contribution in [-0.4, -0.2) is 25.9 Å². The summed E-state index contributed by atoms with van der Waals surface area (Å²) in [5, 5.41) is 2.98. The highest BCUT2D eigenvalue weighted by Gasteiger charge is 2.29. The molecule has 1 aliphatic carbocycles. The average Bonchev–Trinajstić information content (AvgIpc) is 3.32. The number of rotatable bonds is 6. The van der Waals surface area contributed by atoms with Gasteiger partial charge in [0.2, 0.25) is 5.65 Å². The van der Waals surface area contributed by atoms with Crippen LogP contribution < -0.4 is 10.9 Å². The molecular weight excluding hydrogens is 356 g/mol. The topological polar surface area (TPSA) is 81.5 Å². The zero-order valence-corrected chi connectivity index (χ0v) is 16.4. The third-order valence-corrected chi connectivity index (χ3v) is 5.27. The molecule has 1 amide bonds. The highest BCUT2D eigenvalue weighted by Crippen LogP contribution is 2.32. The van der Waals surface area contributed by atoms with Crippen LogP contribution >= 0.6 is 0 Å². The van der Waals surface area contributed by atoms with Crippen LogP contribution in [0.25, 0.3) is 16.9 Å². The summed E-state index contributed by atoms with van der Waals surface area (Å²) in [6.45, 7) is 9.82. The molecule has 146 valence electrons. The number of hydrogen-bond donors (Lipinski definition) is 1. The van der Waals surface area contributed by atoms with Gasteiger partial charge in [0.05, 0.1) is 5.69 Å². The van der Waals surface area contributed by atoms with Crippen molar-refractivity contribution in [3.63, 3.8) is 0 Å². The number of fused-ring (bicyclic) bond motifs is 1. The predicted octanol–water partition coefficient (Wildman–Crippen LogP) is 3.09. The lowest BCUT2D eigenvalue weighted by Gasteiger charge is -2.11. The Morgan fingerprint density at radius 3 is 2.79 bits per heavy atom. The lowest BCUT2D eigenvalue weighted by Crippen LogP contribution is -2.34. The molecule has 0 saturated heterocycles. The van der Waals surface area contributed by atoms with Gasteiger partial charge < -0.3 is 9.73 Å². The van der Waals surface area contributed by atoms with Crippen LogP contribution in [0.1, 0.15) is 41.8 Å². The van der Waals surface area contributed by atoms with Crippen LogP contribution in [0.2, 0.25) is 0 Å². The fraction of sp³-hybridized carbons (Fsp3) is 0.381. The number of nitrogens with zero attached hydrogens (tertiary/aromatic N) is 3. The van der Waals surface area contributed by atoms with Crippen LogP contribution in [-0.2, 0) is 6.54 Å². The van der Waals surface area contributed by atoms with Gasteiger partial charge in [0, 0.05) is 30.5 Å². The summed E-state index contributed by atoms with van der Waals surface area (Å²) in [5.41, 5.74) is 1.72. The van der Waals surface area contributed by atoms with Gasteiger partial charge in [-0.25, -0.2) is 4.98 Å². The number of nitrogens with one attached hydrogen (secondary N) is 1. The number of furan rings is 1. The van der Waals surface area contributed by atoms with E-state index in [1.807, 2.05) is 33.0 Å². The Kier molecular flexibility index (Phi) is 4.45. The number of allylic oxidation sites excluding steroid dienone is 1. The van der Waals surface area contributed by atoms with Crippen LogP contribution in [0, 0.1) is 19.8 Å². The molecule has 3 aromatic heterocycles. The zero-order chi connectivity index (χ0) is 20.0. The van der Waals surface area contributed by atoms with Crippen molar-refractivity contribution < 1.29 is 9.21 Å². The van der Waals surface area contributed by atoms with Gasteiger partial charge in [-0.3, -0.25) is 18.6 Å². The molecule has 3 aromatic rings. The summed E-state index contributed by atoms with van der Waals surface area (Å²) >= 11 is 0. The minimum Gasteiger partial charge on any atom is -0.466 e. The average molecular weight is 380 g/mol. The van der Waals surface area contributed by atoms with Crippen molar-refractivity contribution in [1.29, 1.82) is 0 Å². The van der Waals surface area contributed by atoms with Crippen LogP contribution in [0.5, 0.6) is 0 Å². The molecule has 7 heteroatoms. The summed E-state index contributed by atoms with van der Waals surface area (Å²) < 4.78 is 8.86. The molecule has 7 nitrogen and oxygen atoms in total.